The smallest absolute Gasteiger partial charge is 0.381 e. The molecule has 0 amide bonds. The van der Waals surface area contributed by atoms with Gasteiger partial charge >= 0.3 is 18.3 Å². The Morgan fingerprint density at radius 1 is 1.12 bits per heavy atom. The number of carbonyl (C=O) groups excluding carboxylic acids is 1. The van der Waals surface area contributed by atoms with Crippen molar-refractivity contribution >= 4 is 29.5 Å². The molecule has 2 N–H and O–H groups in total. The monoisotopic (exact) mass is 374 g/mol. The first-order chi connectivity index (χ1) is 10.9. The Bertz CT molecular complexity index is 635. The van der Waals surface area contributed by atoms with Gasteiger partial charge < -0.3 is 10.6 Å². The van der Waals surface area contributed by atoms with Crippen LogP contribution in [-0.4, -0.2) is 17.7 Å². The summed E-state index contributed by atoms with van der Waals surface area (Å²) in [6.07, 6.45) is -8.19. The van der Waals surface area contributed by atoms with E-state index in [9.17, 15) is 31.1 Å². The van der Waals surface area contributed by atoms with E-state index in [0.717, 1.165) is 12.2 Å². The van der Waals surface area contributed by atoms with E-state index in [-0.39, 0.29) is 6.07 Å². The van der Waals surface area contributed by atoms with Crippen molar-refractivity contribution in [2.45, 2.75) is 12.4 Å². The van der Waals surface area contributed by atoms with Gasteiger partial charge in [0.1, 0.15) is 5.88 Å². The first kappa shape index (κ1) is 19.8. The molecule has 0 saturated carbocycles. The maximum Gasteiger partial charge on any atom is 0.416 e. The summed E-state index contributed by atoms with van der Waals surface area (Å²) in [6.45, 7) is 0. The third kappa shape index (κ3) is 6.11. The first-order valence-corrected chi connectivity index (χ1v) is 6.54. The lowest BCUT2D eigenvalue weighted by Gasteiger charge is -2.12. The van der Waals surface area contributed by atoms with Crippen molar-refractivity contribution in [2.24, 2.45) is 10.9 Å². The van der Waals surface area contributed by atoms with Crippen LogP contribution in [-0.2, 0) is 22.0 Å². The van der Waals surface area contributed by atoms with E-state index < -0.39 is 46.7 Å². The Morgan fingerprint density at radius 3 is 2.04 bits per heavy atom. The summed E-state index contributed by atoms with van der Waals surface area (Å²) in [7, 11) is 0. The molecule has 0 aromatic heterocycles. The van der Waals surface area contributed by atoms with Gasteiger partial charge in [-0.05, 0) is 29.8 Å². The first-order valence-electron chi connectivity index (χ1n) is 6.00. The molecule has 1 aromatic rings. The number of amidine groups is 1. The topological polar surface area (TPSA) is 64.7 Å². The van der Waals surface area contributed by atoms with Crippen LogP contribution in [0.3, 0.4) is 0 Å². The maximum atomic E-state index is 12.7. The zero-order valence-electron chi connectivity index (χ0n) is 11.6. The molecule has 0 heterocycles. The molecule has 0 unspecified atom stereocenters. The number of rotatable bonds is 4. The minimum absolute atomic E-state index is 0.00294. The molecule has 0 radical (unpaired) electrons. The van der Waals surface area contributed by atoms with Crippen molar-refractivity contribution in [3.05, 3.63) is 41.0 Å². The van der Waals surface area contributed by atoms with Crippen LogP contribution in [0, 0.1) is 0 Å². The number of oxime groups is 1. The van der Waals surface area contributed by atoms with Crippen molar-refractivity contribution in [1.29, 1.82) is 0 Å². The highest BCUT2D eigenvalue weighted by atomic mass is 35.5. The quantitative estimate of drug-likeness (QED) is 0.218. The second-order valence-electron chi connectivity index (χ2n) is 4.29. The Morgan fingerprint density at radius 2 is 1.62 bits per heavy atom. The van der Waals surface area contributed by atoms with Crippen molar-refractivity contribution < 1.29 is 36.0 Å². The molecule has 11 heteroatoms. The standard InChI is InChI=1S/C13H9ClF6N2O2/c14-6-11(23)24-22-10(21)2-1-7-3-8(12(15,16)17)5-9(4-7)13(18,19)20/h1-5H,6H2,(H2,21,22)/b2-1-. The van der Waals surface area contributed by atoms with Crippen LogP contribution in [0.1, 0.15) is 16.7 Å². The van der Waals surface area contributed by atoms with E-state index >= 15 is 0 Å². The van der Waals surface area contributed by atoms with E-state index in [4.69, 9.17) is 17.3 Å². The van der Waals surface area contributed by atoms with Crippen LogP contribution in [0.25, 0.3) is 6.08 Å². The maximum absolute atomic E-state index is 12.7. The number of halogens is 7. The molecule has 0 fully saturated rings. The average Bonchev–Trinajstić information content (AvgIpc) is 2.48. The summed E-state index contributed by atoms with van der Waals surface area (Å²) in [5.74, 6) is -1.91. The van der Waals surface area contributed by atoms with E-state index in [1.54, 1.807) is 0 Å². The fourth-order valence-corrected chi connectivity index (χ4v) is 1.46. The Balaban J connectivity index is 3.15. The Labute approximate surface area is 136 Å². The molecule has 0 aliphatic rings. The van der Waals surface area contributed by atoms with Crippen LogP contribution in [0.15, 0.2) is 29.4 Å². The van der Waals surface area contributed by atoms with Gasteiger partial charge in [-0.3, -0.25) is 0 Å². The predicted octanol–water partition coefficient (Wildman–Crippen LogP) is 3.79. The lowest BCUT2D eigenvalue weighted by Crippen LogP contribution is -2.12. The van der Waals surface area contributed by atoms with Crippen LogP contribution in [0.4, 0.5) is 26.3 Å². The van der Waals surface area contributed by atoms with Crippen molar-refractivity contribution in [2.75, 3.05) is 5.88 Å². The lowest BCUT2D eigenvalue weighted by molar-refractivity contribution is -0.143. The number of benzene rings is 1. The molecule has 132 valence electrons. The van der Waals surface area contributed by atoms with E-state index in [1.165, 1.54) is 0 Å². The Kier molecular flexibility index (Phi) is 6.24. The van der Waals surface area contributed by atoms with Crippen LogP contribution in [0.2, 0.25) is 0 Å². The highest BCUT2D eigenvalue weighted by Crippen LogP contribution is 2.36. The SMILES string of the molecule is NC(/C=C\c1cc(C(F)(F)F)cc(C(F)(F)F)c1)=N/OC(=O)CCl. The van der Waals surface area contributed by atoms with Crippen molar-refractivity contribution in [3.63, 3.8) is 0 Å². The van der Waals surface area contributed by atoms with E-state index in [1.807, 2.05) is 0 Å². The molecule has 1 aromatic carbocycles. The summed E-state index contributed by atoms with van der Waals surface area (Å²) in [5.41, 5.74) is 1.91. The van der Waals surface area contributed by atoms with Gasteiger partial charge in [-0.2, -0.15) is 26.3 Å². The summed E-state index contributed by atoms with van der Waals surface area (Å²) in [5, 5.41) is 3.08. The minimum atomic E-state index is -4.96. The number of nitrogens with two attached hydrogens (primary N) is 1. The largest absolute Gasteiger partial charge is 0.416 e. The van der Waals surface area contributed by atoms with Gasteiger partial charge in [-0.1, -0.05) is 11.2 Å². The van der Waals surface area contributed by atoms with Crippen molar-refractivity contribution in [3.8, 4) is 0 Å². The molecule has 0 aliphatic carbocycles. The summed E-state index contributed by atoms with van der Waals surface area (Å²) >= 11 is 5.11. The minimum Gasteiger partial charge on any atom is -0.381 e. The number of alkyl halides is 7. The predicted molar refractivity (Wildman–Crippen MR) is 73.9 cm³/mol. The number of hydrogen-bond donors (Lipinski definition) is 1. The fourth-order valence-electron chi connectivity index (χ4n) is 1.42. The third-order valence-corrected chi connectivity index (χ3v) is 2.64. The molecule has 1 rings (SSSR count). The molecule has 0 atom stereocenters. The fraction of sp³-hybridized carbons (Fsp3) is 0.231. The highest BCUT2D eigenvalue weighted by Gasteiger charge is 2.36. The van der Waals surface area contributed by atoms with Gasteiger partial charge in [-0.25, -0.2) is 4.79 Å². The van der Waals surface area contributed by atoms with Gasteiger partial charge in [0.2, 0.25) is 0 Å². The molecule has 0 aliphatic heterocycles. The number of carbonyl (C=O) groups is 1. The molecule has 24 heavy (non-hydrogen) atoms. The summed E-state index contributed by atoms with van der Waals surface area (Å²) < 4.78 is 76.0. The molecule has 0 saturated heterocycles. The zero-order chi connectivity index (χ0) is 18.5. The van der Waals surface area contributed by atoms with Gasteiger partial charge in [0.25, 0.3) is 0 Å². The molecular formula is C13H9ClF6N2O2. The van der Waals surface area contributed by atoms with Gasteiger partial charge in [0.05, 0.1) is 11.1 Å². The van der Waals surface area contributed by atoms with Gasteiger partial charge in [-0.15, -0.1) is 11.6 Å². The van der Waals surface area contributed by atoms with Crippen LogP contribution in [0.5, 0.6) is 0 Å². The second kappa shape index (κ2) is 7.56. The van der Waals surface area contributed by atoms with E-state index in [0.29, 0.717) is 12.1 Å². The number of hydrogen-bond acceptors (Lipinski definition) is 3. The zero-order valence-corrected chi connectivity index (χ0v) is 12.3. The van der Waals surface area contributed by atoms with Crippen molar-refractivity contribution in [1.82, 2.24) is 0 Å². The second-order valence-corrected chi connectivity index (χ2v) is 4.55. The molecule has 0 spiro atoms. The lowest BCUT2D eigenvalue weighted by atomic mass is 10.0. The van der Waals surface area contributed by atoms with Gasteiger partial charge in [0, 0.05) is 0 Å². The van der Waals surface area contributed by atoms with Crippen LogP contribution < -0.4 is 5.73 Å². The normalized spacial score (nSPS) is 13.4. The summed E-state index contributed by atoms with van der Waals surface area (Å²) in [4.78, 5) is 14.9. The molecular weight excluding hydrogens is 366 g/mol. The molecule has 4 nitrogen and oxygen atoms in total. The van der Waals surface area contributed by atoms with E-state index in [2.05, 4.69) is 9.99 Å². The number of nitrogens with zero attached hydrogens (tertiary/aromatic N) is 1. The Hall–Kier alpha value is -2.23. The summed E-state index contributed by atoms with van der Waals surface area (Å²) in [6, 6.07) is 1.00. The average molecular weight is 375 g/mol. The highest BCUT2D eigenvalue weighted by molar-refractivity contribution is 6.26. The van der Waals surface area contributed by atoms with Crippen LogP contribution >= 0.6 is 11.6 Å². The molecule has 0 bridgehead atoms. The van der Waals surface area contributed by atoms with Gasteiger partial charge in [0.15, 0.2) is 5.84 Å². The third-order valence-electron chi connectivity index (χ3n) is 2.42.